The Labute approximate surface area is 110 Å². The summed E-state index contributed by atoms with van der Waals surface area (Å²) >= 11 is 0. The molecule has 0 saturated carbocycles. The number of carboxylic acid groups (broad SMARTS) is 1. The largest absolute Gasteiger partial charge is 0.479 e. The maximum absolute atomic E-state index is 11.1. The molecule has 0 aliphatic rings. The summed E-state index contributed by atoms with van der Waals surface area (Å²) in [7, 11) is 1.38. The Kier molecular flexibility index (Phi) is 8.47. The average molecular weight is 278 g/mol. The molecule has 0 saturated heterocycles. The molecular weight excluding hydrogens is 260 g/mol. The average Bonchev–Trinajstić information content (AvgIpc) is 2.36. The quantitative estimate of drug-likeness (QED) is 0.448. The Bertz CT molecular complexity index is 314. The Balaban J connectivity index is 3.62. The minimum absolute atomic E-state index is 0.00126. The van der Waals surface area contributed by atoms with Gasteiger partial charge in [0.25, 0.3) is 0 Å². The van der Waals surface area contributed by atoms with Gasteiger partial charge in [0.15, 0.2) is 12.2 Å². The first kappa shape index (κ1) is 17.3. The number of aliphatic carboxylic acids is 1. The van der Waals surface area contributed by atoms with Gasteiger partial charge in [0.1, 0.15) is 13.2 Å². The molecule has 8 heteroatoms. The van der Waals surface area contributed by atoms with Gasteiger partial charge >= 0.3 is 17.9 Å². The highest BCUT2D eigenvalue weighted by molar-refractivity contribution is 5.78. The van der Waals surface area contributed by atoms with Gasteiger partial charge in [-0.2, -0.15) is 0 Å². The maximum atomic E-state index is 11.1. The number of carbonyl (C=O) groups is 3. The highest BCUT2D eigenvalue weighted by Gasteiger charge is 2.16. The molecule has 0 heterocycles. The van der Waals surface area contributed by atoms with Gasteiger partial charge in [0, 0.05) is 7.11 Å². The number of rotatable bonds is 9. The molecule has 0 amide bonds. The zero-order valence-corrected chi connectivity index (χ0v) is 11.1. The van der Waals surface area contributed by atoms with E-state index in [1.54, 1.807) is 0 Å². The van der Waals surface area contributed by atoms with E-state index in [2.05, 4.69) is 4.74 Å². The zero-order valence-electron chi connectivity index (χ0n) is 11.1. The van der Waals surface area contributed by atoms with Crippen molar-refractivity contribution >= 4 is 17.9 Å². The van der Waals surface area contributed by atoms with E-state index in [-0.39, 0.29) is 13.2 Å². The van der Waals surface area contributed by atoms with E-state index < -0.39 is 36.7 Å². The van der Waals surface area contributed by atoms with Crippen molar-refractivity contribution in [2.75, 3.05) is 26.9 Å². The lowest BCUT2D eigenvalue weighted by Crippen LogP contribution is -2.27. The SMILES string of the molecule is COC(C)C(=O)OCCOCC(=O)OC(C)C(=O)O. The summed E-state index contributed by atoms with van der Waals surface area (Å²) in [6, 6.07) is 0. The summed E-state index contributed by atoms with van der Waals surface area (Å²) in [5.41, 5.74) is 0. The first-order valence-electron chi connectivity index (χ1n) is 5.58. The van der Waals surface area contributed by atoms with Gasteiger partial charge in [0.2, 0.25) is 0 Å². The number of carboxylic acids is 1. The Hall–Kier alpha value is -1.67. The first-order chi connectivity index (χ1) is 8.88. The molecular formula is C11H18O8. The molecule has 0 aromatic carbocycles. The molecule has 0 rings (SSSR count). The van der Waals surface area contributed by atoms with Crippen LogP contribution in [0.25, 0.3) is 0 Å². The fraction of sp³-hybridized carbons (Fsp3) is 0.727. The van der Waals surface area contributed by atoms with E-state index in [1.807, 2.05) is 0 Å². The van der Waals surface area contributed by atoms with Crippen molar-refractivity contribution in [1.29, 1.82) is 0 Å². The van der Waals surface area contributed by atoms with Crippen molar-refractivity contribution in [1.82, 2.24) is 0 Å². The second kappa shape index (κ2) is 9.29. The van der Waals surface area contributed by atoms with Gasteiger partial charge < -0.3 is 24.1 Å². The van der Waals surface area contributed by atoms with E-state index in [0.29, 0.717) is 0 Å². The predicted molar refractivity (Wildman–Crippen MR) is 61.4 cm³/mol. The molecule has 2 atom stereocenters. The number of methoxy groups -OCH3 is 1. The predicted octanol–water partition coefficient (Wildman–Crippen LogP) is -0.403. The van der Waals surface area contributed by atoms with Crippen molar-refractivity contribution in [3.05, 3.63) is 0 Å². The Morgan fingerprint density at radius 3 is 2.26 bits per heavy atom. The highest BCUT2D eigenvalue weighted by Crippen LogP contribution is 1.94. The van der Waals surface area contributed by atoms with E-state index in [1.165, 1.54) is 21.0 Å². The second-order valence-corrected chi connectivity index (χ2v) is 3.57. The fourth-order valence-corrected chi connectivity index (χ4v) is 0.852. The molecule has 0 fully saturated rings. The summed E-state index contributed by atoms with van der Waals surface area (Å²) in [4.78, 5) is 32.6. The van der Waals surface area contributed by atoms with E-state index in [9.17, 15) is 14.4 Å². The number of hydrogen-bond acceptors (Lipinski definition) is 7. The Morgan fingerprint density at radius 1 is 1.11 bits per heavy atom. The number of ether oxygens (including phenoxy) is 4. The van der Waals surface area contributed by atoms with Crippen molar-refractivity contribution in [2.24, 2.45) is 0 Å². The van der Waals surface area contributed by atoms with Crippen LogP contribution in [-0.4, -0.2) is 62.2 Å². The van der Waals surface area contributed by atoms with Crippen LogP contribution in [0.4, 0.5) is 0 Å². The third-order valence-corrected chi connectivity index (χ3v) is 2.03. The normalized spacial score (nSPS) is 13.4. The lowest BCUT2D eigenvalue weighted by Gasteiger charge is -2.10. The summed E-state index contributed by atoms with van der Waals surface area (Å²) in [6.45, 7) is 2.32. The second-order valence-electron chi connectivity index (χ2n) is 3.57. The summed E-state index contributed by atoms with van der Waals surface area (Å²) < 4.78 is 18.8. The van der Waals surface area contributed by atoms with Gasteiger partial charge in [-0.15, -0.1) is 0 Å². The smallest absolute Gasteiger partial charge is 0.344 e. The standard InChI is InChI=1S/C11H18O8/c1-7(10(13)14)19-9(12)6-17-4-5-18-11(15)8(2)16-3/h7-8H,4-6H2,1-3H3,(H,13,14). The molecule has 1 N–H and O–H groups in total. The van der Waals surface area contributed by atoms with Gasteiger partial charge in [-0.25, -0.2) is 14.4 Å². The van der Waals surface area contributed by atoms with Crippen LogP contribution in [0.15, 0.2) is 0 Å². The molecule has 0 aliphatic heterocycles. The minimum Gasteiger partial charge on any atom is -0.479 e. The number of hydrogen-bond donors (Lipinski definition) is 1. The number of esters is 2. The summed E-state index contributed by atoms with van der Waals surface area (Å²) in [5, 5.41) is 8.49. The first-order valence-corrected chi connectivity index (χ1v) is 5.58. The molecule has 0 spiro atoms. The molecule has 110 valence electrons. The van der Waals surface area contributed by atoms with Crippen LogP contribution in [0.3, 0.4) is 0 Å². The van der Waals surface area contributed by atoms with Crippen LogP contribution in [0.1, 0.15) is 13.8 Å². The van der Waals surface area contributed by atoms with E-state index >= 15 is 0 Å². The molecule has 0 radical (unpaired) electrons. The highest BCUT2D eigenvalue weighted by atomic mass is 16.6. The van der Waals surface area contributed by atoms with Gasteiger partial charge in [-0.3, -0.25) is 0 Å². The van der Waals surface area contributed by atoms with Gasteiger partial charge in [0.05, 0.1) is 6.61 Å². The van der Waals surface area contributed by atoms with Crippen LogP contribution >= 0.6 is 0 Å². The topological polar surface area (TPSA) is 108 Å². The van der Waals surface area contributed by atoms with Crippen molar-refractivity contribution < 1.29 is 38.4 Å². The summed E-state index contributed by atoms with van der Waals surface area (Å²) in [6.07, 6.45) is -1.89. The molecule has 0 aromatic rings. The third kappa shape index (κ3) is 8.11. The van der Waals surface area contributed by atoms with Crippen molar-refractivity contribution in [2.45, 2.75) is 26.1 Å². The third-order valence-electron chi connectivity index (χ3n) is 2.03. The van der Waals surface area contributed by atoms with Crippen molar-refractivity contribution in [3.8, 4) is 0 Å². The molecule has 8 nitrogen and oxygen atoms in total. The molecule has 2 unspecified atom stereocenters. The van der Waals surface area contributed by atoms with Crippen LogP contribution in [0.2, 0.25) is 0 Å². The van der Waals surface area contributed by atoms with Crippen LogP contribution in [0, 0.1) is 0 Å². The van der Waals surface area contributed by atoms with Gasteiger partial charge in [-0.1, -0.05) is 0 Å². The number of carbonyl (C=O) groups excluding carboxylic acids is 2. The minimum atomic E-state index is -1.24. The monoisotopic (exact) mass is 278 g/mol. The fourth-order valence-electron chi connectivity index (χ4n) is 0.852. The van der Waals surface area contributed by atoms with Gasteiger partial charge in [-0.05, 0) is 13.8 Å². The Morgan fingerprint density at radius 2 is 1.74 bits per heavy atom. The molecule has 19 heavy (non-hydrogen) atoms. The lowest BCUT2D eigenvalue weighted by molar-refractivity contribution is -0.166. The lowest BCUT2D eigenvalue weighted by atomic mass is 10.4. The van der Waals surface area contributed by atoms with Crippen molar-refractivity contribution in [3.63, 3.8) is 0 Å². The van der Waals surface area contributed by atoms with E-state index in [0.717, 1.165) is 0 Å². The molecule has 0 bridgehead atoms. The van der Waals surface area contributed by atoms with Crippen LogP contribution in [0.5, 0.6) is 0 Å². The zero-order chi connectivity index (χ0) is 14.8. The van der Waals surface area contributed by atoms with Crippen LogP contribution in [-0.2, 0) is 33.3 Å². The molecule has 0 aliphatic carbocycles. The molecule has 0 aromatic heterocycles. The van der Waals surface area contributed by atoms with E-state index in [4.69, 9.17) is 19.3 Å². The summed E-state index contributed by atoms with van der Waals surface area (Å²) in [5.74, 6) is -2.57. The maximum Gasteiger partial charge on any atom is 0.344 e. The van der Waals surface area contributed by atoms with Crippen LogP contribution < -0.4 is 0 Å².